The van der Waals surface area contributed by atoms with Gasteiger partial charge in [0.15, 0.2) is 0 Å². The van der Waals surface area contributed by atoms with Crippen LogP contribution in [0, 0.1) is 13.8 Å². The molecule has 0 fully saturated rings. The third-order valence-corrected chi connectivity index (χ3v) is 18.5. The molecule has 0 spiro atoms. The SMILES string of the molecule is CCCCC1=C(c2cc(CCCC)cc(CCCC)c2)[N+](=[N-])C(c2cc(CCCC)cc(CCCC)c2)=C1.[CH2-]CCCCCCCCCCCCCCCCCCCCCCC.[CH2-]CCCCCCCCCCCCCCCCCCCCCCC.[Pd+2]. The van der Waals surface area contributed by atoms with Crippen LogP contribution in [0.2, 0.25) is 0 Å². The maximum Gasteiger partial charge on any atom is 2.00 e. The van der Waals surface area contributed by atoms with E-state index >= 15 is 0 Å². The van der Waals surface area contributed by atoms with Crippen molar-refractivity contribution in [3.05, 3.63) is 101 Å². The molecule has 0 saturated carbocycles. The third-order valence-electron chi connectivity index (χ3n) is 18.5. The summed E-state index contributed by atoms with van der Waals surface area (Å²) in [7, 11) is 0. The van der Waals surface area contributed by atoms with Gasteiger partial charge in [-0.25, -0.2) is 4.70 Å². The molecule has 506 valence electrons. The molecule has 0 amide bonds. The normalized spacial score (nSPS) is 12.1. The summed E-state index contributed by atoms with van der Waals surface area (Å²) in [4.78, 5) is 0. The van der Waals surface area contributed by atoms with Gasteiger partial charge in [0.05, 0.1) is 0 Å². The summed E-state index contributed by atoms with van der Waals surface area (Å²) in [5.74, 6) is 0. The third kappa shape index (κ3) is 48.6. The van der Waals surface area contributed by atoms with E-state index in [1.54, 1.807) is 0 Å². The number of nitrogens with zero attached hydrogens (tertiary/aromatic N) is 2. The van der Waals surface area contributed by atoms with E-state index < -0.39 is 0 Å². The molecule has 0 aliphatic carbocycles. The van der Waals surface area contributed by atoms with Crippen molar-refractivity contribution in [1.29, 1.82) is 0 Å². The standard InChI is InChI=1S/C36H52N2.2C24H49.Pd/c1-6-11-16-28-21-29(17-12-7-2)24-33(23-28)35-27-32(20-15-10-5)36(38(35)37)34-25-30(18-13-8-3)22-31(26-34)19-14-9-4;2*1-3-5-7-9-11-13-15-17-19-21-23-24-22-20-18-16-14-12-10-8-6-4-2;/h21-27H,6-20H2,1-5H3;2*1,3-24H2,2H3;/q;2*-1;+2. The summed E-state index contributed by atoms with van der Waals surface area (Å²) in [6.07, 6.45) is 83.2. The fraction of sp³-hybridized carbons (Fsp3) is 0.786. The van der Waals surface area contributed by atoms with Gasteiger partial charge in [-0.05, 0) is 111 Å². The van der Waals surface area contributed by atoms with E-state index in [1.165, 1.54) is 359 Å². The molecule has 2 aromatic carbocycles. The van der Waals surface area contributed by atoms with Gasteiger partial charge < -0.3 is 19.4 Å². The van der Waals surface area contributed by atoms with Crippen LogP contribution in [0.3, 0.4) is 0 Å². The Labute approximate surface area is 561 Å². The van der Waals surface area contributed by atoms with Crippen LogP contribution >= 0.6 is 0 Å². The van der Waals surface area contributed by atoms with Crippen LogP contribution in [0.4, 0.5) is 0 Å². The first-order chi connectivity index (χ1) is 42.4. The minimum absolute atomic E-state index is 0. The molecular weight excluding hydrogens is 1140 g/mol. The number of allylic oxidation sites excluding steroid dienone is 2. The molecule has 87 heavy (non-hydrogen) atoms. The molecule has 0 unspecified atom stereocenters. The van der Waals surface area contributed by atoms with E-state index in [0.717, 1.165) is 74.7 Å². The quantitative estimate of drug-likeness (QED) is 0.0273. The monoisotopic (exact) mass is 1290 g/mol. The second kappa shape index (κ2) is 65.7. The van der Waals surface area contributed by atoms with E-state index in [9.17, 15) is 5.53 Å². The zero-order valence-electron chi connectivity index (χ0n) is 59.9. The molecule has 0 radical (unpaired) electrons. The molecule has 1 heterocycles. The average Bonchev–Trinajstić information content (AvgIpc) is 1.85. The Bertz CT molecular complexity index is 1710. The van der Waals surface area contributed by atoms with E-state index in [0.29, 0.717) is 0 Å². The van der Waals surface area contributed by atoms with Crippen molar-refractivity contribution in [2.45, 2.75) is 427 Å². The number of rotatable bonds is 59. The van der Waals surface area contributed by atoms with Crippen LogP contribution in [0.1, 0.15) is 435 Å². The number of hydrogen-bond donors (Lipinski definition) is 0. The van der Waals surface area contributed by atoms with Gasteiger partial charge in [0, 0.05) is 22.8 Å². The second-order valence-corrected chi connectivity index (χ2v) is 27.2. The van der Waals surface area contributed by atoms with Gasteiger partial charge in [0.2, 0.25) is 11.4 Å². The summed E-state index contributed by atoms with van der Waals surface area (Å²) in [5, 5.41) is 0. The fourth-order valence-electron chi connectivity index (χ4n) is 12.8. The molecule has 3 heteroatoms. The fourth-order valence-corrected chi connectivity index (χ4v) is 12.8. The largest absolute Gasteiger partial charge is 2.00 e. The molecule has 0 atom stereocenters. The Morgan fingerprint density at radius 1 is 0.264 bits per heavy atom. The van der Waals surface area contributed by atoms with Crippen LogP contribution in [-0.4, -0.2) is 4.70 Å². The smallest absolute Gasteiger partial charge is 0.493 e. The van der Waals surface area contributed by atoms with Crippen molar-refractivity contribution < 1.29 is 25.1 Å². The summed E-state index contributed by atoms with van der Waals surface area (Å²) in [6, 6.07) is 14.1. The average molecular weight is 1290 g/mol. The molecule has 0 bridgehead atoms. The van der Waals surface area contributed by atoms with E-state index in [2.05, 4.69) is 105 Å². The molecule has 2 nitrogen and oxygen atoms in total. The first-order valence-corrected chi connectivity index (χ1v) is 39.2. The molecule has 1 aliphatic heterocycles. The van der Waals surface area contributed by atoms with Crippen molar-refractivity contribution in [3.63, 3.8) is 0 Å². The summed E-state index contributed by atoms with van der Waals surface area (Å²) < 4.78 is 1.52. The molecular formula is C84H150N2Pd. The predicted octanol–water partition coefficient (Wildman–Crippen LogP) is 29.9. The van der Waals surface area contributed by atoms with E-state index in [-0.39, 0.29) is 20.4 Å². The number of aryl methyl sites for hydroxylation is 4. The minimum atomic E-state index is 0. The topological polar surface area (TPSA) is 25.3 Å². The molecule has 0 aromatic heterocycles. The van der Waals surface area contributed by atoms with Crippen LogP contribution in [0.15, 0.2) is 48.0 Å². The Balaban J connectivity index is 0.00000133. The van der Waals surface area contributed by atoms with Crippen LogP contribution in [-0.2, 0) is 46.1 Å². The molecule has 0 N–H and O–H groups in total. The van der Waals surface area contributed by atoms with Crippen molar-refractivity contribution in [2.75, 3.05) is 0 Å². The van der Waals surface area contributed by atoms with E-state index in [1.807, 2.05) is 0 Å². The van der Waals surface area contributed by atoms with Gasteiger partial charge in [-0.1, -0.05) is 362 Å². The summed E-state index contributed by atoms with van der Waals surface area (Å²) in [5.41, 5.74) is 23.0. The van der Waals surface area contributed by atoms with Gasteiger partial charge >= 0.3 is 20.4 Å². The van der Waals surface area contributed by atoms with E-state index in [4.69, 9.17) is 0 Å². The maximum atomic E-state index is 11.8. The Hall–Kier alpha value is -1.82. The van der Waals surface area contributed by atoms with Gasteiger partial charge in [-0.2, -0.15) is 12.8 Å². The Morgan fingerprint density at radius 3 is 0.701 bits per heavy atom. The number of hydrogen-bond acceptors (Lipinski definition) is 0. The van der Waals surface area contributed by atoms with Crippen molar-refractivity contribution in [1.82, 2.24) is 0 Å². The number of benzene rings is 2. The van der Waals surface area contributed by atoms with Crippen LogP contribution in [0.25, 0.3) is 16.9 Å². The van der Waals surface area contributed by atoms with Crippen molar-refractivity contribution in [3.8, 4) is 0 Å². The predicted molar refractivity (Wildman–Crippen MR) is 391 cm³/mol. The molecule has 3 rings (SSSR count). The van der Waals surface area contributed by atoms with Crippen LogP contribution in [0.5, 0.6) is 0 Å². The summed E-state index contributed by atoms with van der Waals surface area (Å²) >= 11 is 0. The van der Waals surface area contributed by atoms with Gasteiger partial charge in [0.1, 0.15) is 0 Å². The first-order valence-electron chi connectivity index (χ1n) is 39.2. The van der Waals surface area contributed by atoms with Gasteiger partial charge in [-0.3, -0.25) is 0 Å². The zero-order valence-corrected chi connectivity index (χ0v) is 61.4. The van der Waals surface area contributed by atoms with Gasteiger partial charge in [-0.15, -0.1) is 0 Å². The van der Waals surface area contributed by atoms with Crippen molar-refractivity contribution >= 4 is 11.4 Å². The summed E-state index contributed by atoms with van der Waals surface area (Å²) in [6.45, 7) is 23.7. The van der Waals surface area contributed by atoms with Crippen LogP contribution < -0.4 is 0 Å². The Morgan fingerprint density at radius 2 is 0.471 bits per heavy atom. The second-order valence-electron chi connectivity index (χ2n) is 27.2. The van der Waals surface area contributed by atoms with Gasteiger partial charge in [0.25, 0.3) is 0 Å². The molecule has 1 aliphatic rings. The maximum absolute atomic E-state index is 11.8. The van der Waals surface area contributed by atoms with Crippen molar-refractivity contribution in [2.24, 2.45) is 0 Å². The number of unbranched alkanes of at least 4 members (excludes halogenated alkanes) is 47. The molecule has 0 saturated heterocycles. The molecule has 2 aromatic rings. The zero-order chi connectivity index (χ0) is 62.4. The first kappa shape index (κ1) is 85.2. The minimum Gasteiger partial charge on any atom is -0.493 e. The Kier molecular flexibility index (Phi) is 64.3.